The Morgan fingerprint density at radius 3 is 2.38 bits per heavy atom. The molecule has 0 aromatic heterocycles. The zero-order chi connectivity index (χ0) is 22.9. The number of ether oxygens (including phenoxy) is 1. The Labute approximate surface area is 193 Å². The van der Waals surface area contributed by atoms with Crippen LogP contribution in [0.4, 0.5) is 5.69 Å². The van der Waals surface area contributed by atoms with Crippen molar-refractivity contribution >= 4 is 45.6 Å². The Morgan fingerprint density at radius 1 is 0.969 bits per heavy atom. The number of hydrogen-bond donors (Lipinski definition) is 2. The molecule has 0 aliphatic heterocycles. The van der Waals surface area contributed by atoms with Gasteiger partial charge in [0.2, 0.25) is 5.91 Å². The van der Waals surface area contributed by atoms with E-state index in [0.29, 0.717) is 34.5 Å². The summed E-state index contributed by atoms with van der Waals surface area (Å²) in [6, 6.07) is 20.2. The number of halogens is 1. The fraction of sp³-hybridized carbons (Fsp3) is 0.0833. The Kier molecular flexibility index (Phi) is 7.88. The van der Waals surface area contributed by atoms with Crippen molar-refractivity contribution in [3.05, 3.63) is 94.0 Å². The van der Waals surface area contributed by atoms with Crippen molar-refractivity contribution in [3.8, 4) is 5.75 Å². The summed E-state index contributed by atoms with van der Waals surface area (Å²) in [6.07, 6.45) is 1.77. The van der Waals surface area contributed by atoms with E-state index in [-0.39, 0.29) is 5.91 Å². The maximum Gasteiger partial charge on any atom is 0.343 e. The van der Waals surface area contributed by atoms with Crippen LogP contribution in [-0.2, 0) is 4.79 Å². The zero-order valence-corrected chi connectivity index (χ0v) is 18.8. The molecule has 0 aliphatic carbocycles. The highest BCUT2D eigenvalue weighted by Gasteiger charge is 2.11. The minimum absolute atomic E-state index is 0.107. The van der Waals surface area contributed by atoms with E-state index in [1.807, 2.05) is 6.07 Å². The summed E-state index contributed by atoms with van der Waals surface area (Å²) in [4.78, 5) is 36.1. The van der Waals surface area contributed by atoms with E-state index in [1.165, 1.54) is 6.21 Å². The molecule has 162 valence electrons. The van der Waals surface area contributed by atoms with Gasteiger partial charge < -0.3 is 10.1 Å². The van der Waals surface area contributed by atoms with Gasteiger partial charge in [-0.2, -0.15) is 5.10 Å². The number of hydrogen-bond acceptors (Lipinski definition) is 5. The summed E-state index contributed by atoms with van der Waals surface area (Å²) in [5.41, 5.74) is 4.34. The molecule has 0 unspecified atom stereocenters. The summed E-state index contributed by atoms with van der Waals surface area (Å²) in [7, 11) is 0. The number of carbonyl (C=O) groups excluding carboxylic acids is 3. The molecule has 0 fully saturated rings. The van der Waals surface area contributed by atoms with Crippen molar-refractivity contribution in [1.29, 1.82) is 0 Å². The van der Waals surface area contributed by atoms with Crippen molar-refractivity contribution in [2.45, 2.75) is 13.3 Å². The van der Waals surface area contributed by atoms with Crippen LogP contribution in [0.15, 0.2) is 82.4 Å². The Hall–Kier alpha value is -3.78. The highest BCUT2D eigenvalue weighted by atomic mass is 79.9. The normalized spacial score (nSPS) is 10.6. The Balaban J connectivity index is 1.67. The lowest BCUT2D eigenvalue weighted by Gasteiger charge is -2.08. The largest absolute Gasteiger partial charge is 0.422 e. The number of carbonyl (C=O) groups is 3. The molecule has 3 aromatic carbocycles. The molecule has 7 nitrogen and oxygen atoms in total. The van der Waals surface area contributed by atoms with Crippen molar-refractivity contribution in [1.82, 2.24) is 5.43 Å². The van der Waals surface area contributed by atoms with E-state index >= 15 is 0 Å². The van der Waals surface area contributed by atoms with Crippen molar-refractivity contribution in [2.75, 3.05) is 5.32 Å². The van der Waals surface area contributed by atoms with Crippen LogP contribution in [0.3, 0.4) is 0 Å². The quantitative estimate of drug-likeness (QED) is 0.214. The van der Waals surface area contributed by atoms with Crippen molar-refractivity contribution in [2.24, 2.45) is 5.10 Å². The first-order chi connectivity index (χ1) is 15.5. The van der Waals surface area contributed by atoms with Crippen LogP contribution < -0.4 is 15.5 Å². The Morgan fingerprint density at radius 2 is 1.69 bits per heavy atom. The van der Waals surface area contributed by atoms with Crippen LogP contribution in [0.2, 0.25) is 0 Å². The molecule has 0 bridgehead atoms. The third-order valence-corrected chi connectivity index (χ3v) is 4.80. The third kappa shape index (κ3) is 6.36. The first-order valence-electron chi connectivity index (χ1n) is 9.76. The number of benzene rings is 3. The molecule has 3 aromatic rings. The molecule has 8 heteroatoms. The monoisotopic (exact) mass is 493 g/mol. The number of amides is 2. The van der Waals surface area contributed by atoms with Crippen LogP contribution in [0.25, 0.3) is 0 Å². The van der Waals surface area contributed by atoms with E-state index in [9.17, 15) is 14.4 Å². The van der Waals surface area contributed by atoms with Gasteiger partial charge in [-0.05, 0) is 54.6 Å². The average molecular weight is 494 g/mol. The average Bonchev–Trinajstić information content (AvgIpc) is 2.81. The zero-order valence-electron chi connectivity index (χ0n) is 17.2. The number of esters is 1. The second-order valence-electron chi connectivity index (χ2n) is 6.62. The number of anilines is 1. The topological polar surface area (TPSA) is 96.9 Å². The molecule has 0 saturated carbocycles. The second-order valence-corrected chi connectivity index (χ2v) is 7.53. The van der Waals surface area contributed by atoms with Crippen molar-refractivity contribution in [3.63, 3.8) is 0 Å². The number of nitrogens with one attached hydrogen (secondary N) is 2. The first kappa shape index (κ1) is 22.9. The van der Waals surface area contributed by atoms with Gasteiger partial charge in [0, 0.05) is 27.7 Å². The lowest BCUT2D eigenvalue weighted by Crippen LogP contribution is -2.18. The van der Waals surface area contributed by atoms with Crippen molar-refractivity contribution < 1.29 is 19.1 Å². The van der Waals surface area contributed by atoms with Gasteiger partial charge >= 0.3 is 5.97 Å². The van der Waals surface area contributed by atoms with Crippen LogP contribution in [0.1, 0.15) is 39.6 Å². The van der Waals surface area contributed by atoms with E-state index in [0.717, 1.165) is 4.47 Å². The maximum atomic E-state index is 12.4. The number of nitrogens with zero attached hydrogens (tertiary/aromatic N) is 1. The molecule has 0 aliphatic rings. The SMILES string of the molecule is CCC(=O)Nc1ccc(C(=O)N/N=C\c2cc(Br)ccc2OC(=O)c2ccccc2)cc1. The standard InChI is InChI=1S/C24H20BrN3O4/c1-2-22(29)27-20-11-8-16(9-12-20)23(30)28-26-15-18-14-19(25)10-13-21(18)32-24(31)17-6-4-3-5-7-17/h3-15H,2H2,1H3,(H,27,29)(H,28,30)/b26-15-. The van der Waals surface area contributed by atoms with E-state index in [4.69, 9.17) is 4.74 Å². The third-order valence-electron chi connectivity index (χ3n) is 4.31. The van der Waals surface area contributed by atoms with Gasteiger partial charge in [-0.1, -0.05) is 41.1 Å². The van der Waals surface area contributed by atoms with Crippen LogP contribution >= 0.6 is 15.9 Å². The fourth-order valence-electron chi connectivity index (χ4n) is 2.63. The molecule has 0 saturated heterocycles. The summed E-state index contributed by atoms with van der Waals surface area (Å²) < 4.78 is 6.24. The van der Waals surface area contributed by atoms with Gasteiger partial charge in [0.25, 0.3) is 5.91 Å². The van der Waals surface area contributed by atoms with E-state index < -0.39 is 11.9 Å². The molecule has 0 spiro atoms. The summed E-state index contributed by atoms with van der Waals surface area (Å²) >= 11 is 3.37. The molecule has 2 amide bonds. The highest BCUT2D eigenvalue weighted by molar-refractivity contribution is 9.10. The molecular weight excluding hydrogens is 474 g/mol. The van der Waals surface area contributed by atoms with Gasteiger partial charge in [0.05, 0.1) is 11.8 Å². The fourth-order valence-corrected chi connectivity index (χ4v) is 3.00. The maximum absolute atomic E-state index is 12.4. The van der Waals surface area contributed by atoms with Crippen LogP contribution in [0, 0.1) is 0 Å². The first-order valence-corrected chi connectivity index (χ1v) is 10.6. The molecule has 2 N–H and O–H groups in total. The molecule has 0 atom stereocenters. The summed E-state index contributed by atoms with van der Waals surface area (Å²) in [5, 5.41) is 6.69. The van der Waals surface area contributed by atoms with Gasteiger partial charge in [0.1, 0.15) is 5.75 Å². The minimum Gasteiger partial charge on any atom is -0.422 e. The van der Waals surface area contributed by atoms with Crippen LogP contribution in [0.5, 0.6) is 5.75 Å². The molecule has 0 radical (unpaired) electrons. The number of rotatable bonds is 7. The summed E-state index contributed by atoms with van der Waals surface area (Å²) in [6.45, 7) is 1.76. The highest BCUT2D eigenvalue weighted by Crippen LogP contribution is 2.23. The van der Waals surface area contributed by atoms with Gasteiger partial charge in [-0.3, -0.25) is 9.59 Å². The predicted octanol–water partition coefficient (Wildman–Crippen LogP) is 4.78. The minimum atomic E-state index is -0.498. The van der Waals surface area contributed by atoms with Gasteiger partial charge in [0.15, 0.2) is 0 Å². The second kappa shape index (κ2) is 11.0. The van der Waals surface area contributed by atoms with E-state index in [2.05, 4.69) is 31.8 Å². The summed E-state index contributed by atoms with van der Waals surface area (Å²) in [5.74, 6) is -0.727. The Bertz CT molecular complexity index is 1150. The number of hydrazone groups is 1. The van der Waals surface area contributed by atoms with Crippen LogP contribution in [-0.4, -0.2) is 24.0 Å². The van der Waals surface area contributed by atoms with Gasteiger partial charge in [-0.15, -0.1) is 0 Å². The lowest BCUT2D eigenvalue weighted by molar-refractivity contribution is -0.115. The smallest absolute Gasteiger partial charge is 0.343 e. The van der Waals surface area contributed by atoms with E-state index in [1.54, 1.807) is 73.7 Å². The molecule has 32 heavy (non-hydrogen) atoms. The molecule has 0 heterocycles. The molecular formula is C24H20BrN3O4. The predicted molar refractivity (Wildman–Crippen MR) is 126 cm³/mol. The molecule has 3 rings (SSSR count). The lowest BCUT2D eigenvalue weighted by atomic mass is 10.2. The van der Waals surface area contributed by atoms with Gasteiger partial charge in [-0.25, -0.2) is 10.2 Å².